The van der Waals surface area contributed by atoms with Gasteiger partial charge in [0.1, 0.15) is 5.82 Å². The second-order valence-corrected chi connectivity index (χ2v) is 7.33. The van der Waals surface area contributed by atoms with Gasteiger partial charge in [-0.1, -0.05) is 51.4 Å². The van der Waals surface area contributed by atoms with Gasteiger partial charge >= 0.3 is 0 Å². The lowest BCUT2D eigenvalue weighted by Gasteiger charge is -2.07. The predicted molar refractivity (Wildman–Crippen MR) is 104 cm³/mol. The quantitative estimate of drug-likeness (QED) is 0.448. The Kier molecular flexibility index (Phi) is 5.80. The van der Waals surface area contributed by atoms with Crippen LogP contribution in [0.3, 0.4) is 0 Å². The molecule has 0 atom stereocenters. The predicted octanol–water partition coefficient (Wildman–Crippen LogP) is 3.94. The first-order chi connectivity index (χ1) is 12.5. The number of hydrogen-bond donors (Lipinski definition) is 2. The highest BCUT2D eigenvalue weighted by Gasteiger charge is 2.15. The van der Waals surface area contributed by atoms with Crippen molar-refractivity contribution in [1.82, 2.24) is 14.9 Å². The van der Waals surface area contributed by atoms with Gasteiger partial charge in [0, 0.05) is 15.7 Å². The Hall–Kier alpha value is -2.10. The molecular weight excluding hydrogens is 445 g/mol. The van der Waals surface area contributed by atoms with Gasteiger partial charge in [-0.3, -0.25) is 4.79 Å². The van der Waals surface area contributed by atoms with E-state index in [-0.39, 0.29) is 16.7 Å². The van der Waals surface area contributed by atoms with E-state index in [1.165, 1.54) is 22.9 Å². The number of amides is 1. The van der Waals surface area contributed by atoms with Crippen LogP contribution >= 0.6 is 39.3 Å². The Labute approximate surface area is 166 Å². The van der Waals surface area contributed by atoms with E-state index in [9.17, 15) is 9.18 Å². The minimum Gasteiger partial charge on any atom is -0.335 e. The third kappa shape index (κ3) is 4.17. The van der Waals surface area contributed by atoms with Crippen molar-refractivity contribution in [2.45, 2.75) is 5.16 Å². The maximum absolute atomic E-state index is 13.1. The van der Waals surface area contributed by atoms with E-state index in [4.69, 9.17) is 17.4 Å². The number of carbonyl (C=O) groups is 1. The van der Waals surface area contributed by atoms with Crippen LogP contribution in [0.25, 0.3) is 11.4 Å². The fraction of sp³-hybridized carbons (Fsp3) is 0.0625. The minimum atomic E-state index is -0.546. The van der Waals surface area contributed by atoms with Crippen molar-refractivity contribution in [1.29, 1.82) is 0 Å². The Morgan fingerprint density at radius 3 is 2.81 bits per heavy atom. The Bertz CT molecular complexity index is 968. The number of nitrogens with one attached hydrogen (secondary N) is 1. The topological polar surface area (TPSA) is 85.8 Å². The van der Waals surface area contributed by atoms with E-state index < -0.39 is 5.82 Å². The molecule has 1 heterocycles. The van der Waals surface area contributed by atoms with Gasteiger partial charge in [-0.05, 0) is 30.3 Å². The molecule has 0 saturated heterocycles. The number of halogens is 3. The van der Waals surface area contributed by atoms with Gasteiger partial charge in [0.05, 0.1) is 10.8 Å². The average Bonchev–Trinajstić information content (AvgIpc) is 2.97. The summed E-state index contributed by atoms with van der Waals surface area (Å²) >= 11 is 10.3. The van der Waals surface area contributed by atoms with E-state index in [2.05, 4.69) is 31.4 Å². The van der Waals surface area contributed by atoms with Crippen molar-refractivity contribution in [3.63, 3.8) is 0 Å². The van der Waals surface area contributed by atoms with Crippen LogP contribution in [-0.4, -0.2) is 26.5 Å². The molecule has 6 nitrogen and oxygen atoms in total. The van der Waals surface area contributed by atoms with Crippen LogP contribution in [0.4, 0.5) is 10.1 Å². The van der Waals surface area contributed by atoms with Gasteiger partial charge in [0.2, 0.25) is 11.1 Å². The largest absolute Gasteiger partial charge is 0.335 e. The molecule has 0 bridgehead atoms. The molecule has 134 valence electrons. The van der Waals surface area contributed by atoms with Gasteiger partial charge in [-0.2, -0.15) is 0 Å². The molecule has 3 N–H and O–H groups in total. The van der Waals surface area contributed by atoms with Crippen LogP contribution in [0.1, 0.15) is 0 Å². The van der Waals surface area contributed by atoms with E-state index in [1.807, 2.05) is 24.3 Å². The van der Waals surface area contributed by atoms with Gasteiger partial charge in [0.25, 0.3) is 0 Å². The molecule has 1 aromatic heterocycles. The molecule has 26 heavy (non-hydrogen) atoms. The second kappa shape index (κ2) is 8.07. The van der Waals surface area contributed by atoms with Crippen molar-refractivity contribution in [2.75, 3.05) is 16.9 Å². The number of rotatable bonds is 5. The maximum atomic E-state index is 13.1. The maximum Gasteiger partial charge on any atom is 0.234 e. The summed E-state index contributed by atoms with van der Waals surface area (Å²) in [7, 11) is 0. The Morgan fingerprint density at radius 1 is 1.31 bits per heavy atom. The number of anilines is 1. The van der Waals surface area contributed by atoms with E-state index in [0.717, 1.165) is 21.8 Å². The summed E-state index contributed by atoms with van der Waals surface area (Å²) in [4.78, 5) is 12.0. The number of nitrogens with zero attached hydrogens (tertiary/aromatic N) is 3. The summed E-state index contributed by atoms with van der Waals surface area (Å²) in [5.41, 5.74) is 1.20. The number of nitrogen functional groups attached to an aromatic ring is 1. The monoisotopic (exact) mass is 455 g/mol. The number of benzene rings is 2. The normalized spacial score (nSPS) is 10.7. The molecule has 1 amide bonds. The van der Waals surface area contributed by atoms with Crippen LogP contribution in [-0.2, 0) is 4.79 Å². The van der Waals surface area contributed by atoms with E-state index in [1.54, 1.807) is 0 Å². The van der Waals surface area contributed by atoms with Crippen LogP contribution in [0.15, 0.2) is 52.1 Å². The molecule has 2 aromatic carbocycles. The zero-order chi connectivity index (χ0) is 18.7. The first-order valence-corrected chi connectivity index (χ1v) is 9.44. The molecule has 0 radical (unpaired) electrons. The molecule has 0 aliphatic heterocycles. The number of carbonyl (C=O) groups excluding carboxylic acids is 1. The Balaban J connectivity index is 1.66. The van der Waals surface area contributed by atoms with Crippen LogP contribution < -0.4 is 11.2 Å². The number of nitrogens with two attached hydrogens (primary N) is 1. The highest BCUT2D eigenvalue weighted by molar-refractivity contribution is 9.10. The molecule has 3 rings (SSSR count). The minimum absolute atomic E-state index is 0.0558. The van der Waals surface area contributed by atoms with Crippen molar-refractivity contribution in [2.24, 2.45) is 0 Å². The smallest absolute Gasteiger partial charge is 0.234 e. The summed E-state index contributed by atoms with van der Waals surface area (Å²) in [5.74, 6) is 5.72. The van der Waals surface area contributed by atoms with Gasteiger partial charge < -0.3 is 11.2 Å². The number of hydrogen-bond acceptors (Lipinski definition) is 5. The molecule has 0 spiro atoms. The fourth-order valence-electron chi connectivity index (χ4n) is 2.10. The molecule has 3 aromatic rings. The lowest BCUT2D eigenvalue weighted by molar-refractivity contribution is -0.113. The molecule has 0 fully saturated rings. The second-order valence-electron chi connectivity index (χ2n) is 5.12. The van der Waals surface area contributed by atoms with Crippen LogP contribution in [0.5, 0.6) is 0 Å². The summed E-state index contributed by atoms with van der Waals surface area (Å²) in [6, 6.07) is 11.4. The zero-order valence-electron chi connectivity index (χ0n) is 13.1. The SMILES string of the molecule is Nn1c(SCC(=O)Nc2ccc(F)c(Cl)c2)nnc1-c1ccccc1Br. The van der Waals surface area contributed by atoms with Crippen LogP contribution in [0, 0.1) is 5.82 Å². The highest BCUT2D eigenvalue weighted by Crippen LogP contribution is 2.28. The third-order valence-electron chi connectivity index (χ3n) is 3.32. The van der Waals surface area contributed by atoms with Gasteiger partial charge in [-0.25, -0.2) is 9.07 Å². The lowest BCUT2D eigenvalue weighted by Crippen LogP contribution is -2.16. The first kappa shape index (κ1) is 18.7. The van der Waals surface area contributed by atoms with E-state index in [0.29, 0.717) is 16.7 Å². The van der Waals surface area contributed by atoms with Gasteiger partial charge in [-0.15, -0.1) is 10.2 Å². The van der Waals surface area contributed by atoms with Crippen molar-refractivity contribution < 1.29 is 9.18 Å². The van der Waals surface area contributed by atoms with Crippen LogP contribution in [0.2, 0.25) is 5.02 Å². The van der Waals surface area contributed by atoms with Gasteiger partial charge in [0.15, 0.2) is 5.82 Å². The fourth-order valence-corrected chi connectivity index (χ4v) is 3.40. The first-order valence-electron chi connectivity index (χ1n) is 7.29. The lowest BCUT2D eigenvalue weighted by atomic mass is 10.2. The molecule has 0 aliphatic carbocycles. The summed E-state index contributed by atoms with van der Waals surface area (Å²) in [6.07, 6.45) is 0. The molecular formula is C16H12BrClFN5OS. The summed E-state index contributed by atoms with van der Waals surface area (Å²) in [6.45, 7) is 0. The third-order valence-corrected chi connectivity index (χ3v) is 5.24. The number of aromatic nitrogens is 3. The van der Waals surface area contributed by atoms with Crippen molar-refractivity contribution in [3.8, 4) is 11.4 Å². The van der Waals surface area contributed by atoms with E-state index >= 15 is 0 Å². The standard InChI is InChI=1S/C16H12BrClFN5OS/c17-11-4-2-1-3-10(11)15-22-23-16(24(15)20)26-8-14(25)21-9-5-6-13(19)12(18)7-9/h1-7H,8,20H2,(H,21,25). The number of thioether (sulfide) groups is 1. The molecule has 0 unspecified atom stereocenters. The highest BCUT2D eigenvalue weighted by atomic mass is 79.9. The van der Waals surface area contributed by atoms with Crippen molar-refractivity contribution >= 4 is 50.9 Å². The molecule has 10 heteroatoms. The summed E-state index contributed by atoms with van der Waals surface area (Å²) in [5, 5.41) is 11.1. The van der Waals surface area contributed by atoms with Crippen molar-refractivity contribution in [3.05, 3.63) is 57.8 Å². The summed E-state index contributed by atoms with van der Waals surface area (Å²) < 4.78 is 15.3. The zero-order valence-corrected chi connectivity index (χ0v) is 16.3. The molecule has 0 aliphatic rings. The Morgan fingerprint density at radius 2 is 2.08 bits per heavy atom. The molecule has 0 saturated carbocycles. The average molecular weight is 457 g/mol.